The largest absolute Gasteiger partial charge is 0.490 e. The van der Waals surface area contributed by atoms with E-state index >= 15 is 0 Å². The Kier molecular flexibility index (Phi) is 6.98. The van der Waals surface area contributed by atoms with E-state index in [0.717, 1.165) is 16.5 Å². The van der Waals surface area contributed by atoms with Gasteiger partial charge in [-0.05, 0) is 60.3 Å². The van der Waals surface area contributed by atoms with Crippen LogP contribution in [-0.4, -0.2) is 24.7 Å². The van der Waals surface area contributed by atoms with E-state index < -0.39 is 12.0 Å². The molecule has 1 rings (SSSR count). The minimum Gasteiger partial charge on any atom is -0.490 e. The van der Waals surface area contributed by atoms with Crippen LogP contribution in [0.15, 0.2) is 16.6 Å². The van der Waals surface area contributed by atoms with Crippen LogP contribution >= 0.6 is 15.9 Å². The number of primary amides is 1. The molecule has 0 saturated heterocycles. The van der Waals surface area contributed by atoms with Crippen molar-refractivity contribution in [2.45, 2.75) is 45.8 Å². The molecule has 6 heteroatoms. The first-order chi connectivity index (χ1) is 9.88. The average molecular weight is 359 g/mol. The van der Waals surface area contributed by atoms with Crippen molar-refractivity contribution in [2.24, 2.45) is 11.5 Å². The molecule has 5 nitrogen and oxygen atoms in total. The summed E-state index contributed by atoms with van der Waals surface area (Å²) in [5, 5.41) is 0. The summed E-state index contributed by atoms with van der Waals surface area (Å²) in [4.78, 5) is 11.4. The lowest BCUT2D eigenvalue weighted by Gasteiger charge is -2.19. The van der Waals surface area contributed by atoms with Crippen molar-refractivity contribution in [3.8, 4) is 11.5 Å². The Labute approximate surface area is 134 Å². The summed E-state index contributed by atoms with van der Waals surface area (Å²) < 4.78 is 12.1. The fourth-order valence-electron chi connectivity index (χ4n) is 1.97. The lowest BCUT2D eigenvalue weighted by atomic mass is 10.1. The molecule has 0 heterocycles. The highest BCUT2D eigenvalue weighted by Gasteiger charge is 2.20. The Morgan fingerprint density at radius 2 is 2.05 bits per heavy atom. The average Bonchev–Trinajstić information content (AvgIpc) is 2.37. The van der Waals surface area contributed by atoms with Crippen LogP contribution in [0.25, 0.3) is 0 Å². The Hall–Kier alpha value is -1.27. The number of ether oxygens (including phenoxy) is 2. The zero-order chi connectivity index (χ0) is 16.0. The molecule has 0 aromatic heterocycles. The molecule has 0 saturated carbocycles. The van der Waals surface area contributed by atoms with Crippen LogP contribution in [0.3, 0.4) is 0 Å². The van der Waals surface area contributed by atoms with Crippen LogP contribution in [0.4, 0.5) is 0 Å². The highest BCUT2D eigenvalue weighted by Crippen LogP contribution is 2.38. The number of hydrogen-bond donors (Lipinski definition) is 2. The molecule has 1 aromatic carbocycles. The second-order valence-electron chi connectivity index (χ2n) is 4.94. The number of halogens is 1. The maximum atomic E-state index is 11.4. The van der Waals surface area contributed by atoms with Crippen molar-refractivity contribution in [3.05, 3.63) is 22.2 Å². The Morgan fingerprint density at radius 1 is 1.38 bits per heavy atom. The van der Waals surface area contributed by atoms with E-state index in [1.807, 2.05) is 32.9 Å². The molecule has 2 unspecified atom stereocenters. The molecular formula is C15H23BrN2O3. The van der Waals surface area contributed by atoms with E-state index in [0.29, 0.717) is 24.5 Å². The molecule has 0 aliphatic rings. The SMILES string of the molecule is CCOc1cc(CC(C)N)cc(Br)c1OC(CC)C(N)=O. The summed E-state index contributed by atoms with van der Waals surface area (Å²) in [6, 6.07) is 3.86. The van der Waals surface area contributed by atoms with Gasteiger partial charge in [-0.25, -0.2) is 0 Å². The molecule has 0 radical (unpaired) electrons. The van der Waals surface area contributed by atoms with Crippen LogP contribution in [0.1, 0.15) is 32.8 Å². The summed E-state index contributed by atoms with van der Waals surface area (Å²) >= 11 is 3.47. The van der Waals surface area contributed by atoms with Gasteiger partial charge in [-0.2, -0.15) is 0 Å². The quantitative estimate of drug-likeness (QED) is 0.746. The van der Waals surface area contributed by atoms with Crippen molar-refractivity contribution in [2.75, 3.05) is 6.61 Å². The second-order valence-corrected chi connectivity index (χ2v) is 5.79. The predicted octanol–water partition coefficient (Wildman–Crippen LogP) is 2.38. The molecule has 0 spiro atoms. The van der Waals surface area contributed by atoms with Crippen LogP contribution in [-0.2, 0) is 11.2 Å². The predicted molar refractivity (Wildman–Crippen MR) is 86.6 cm³/mol. The standard InChI is InChI=1S/C15H23BrN2O3/c1-4-12(15(18)19)21-14-11(16)7-10(6-9(3)17)8-13(14)20-5-2/h7-9,12H,4-6,17H2,1-3H3,(H2,18,19). The zero-order valence-corrected chi connectivity index (χ0v) is 14.3. The van der Waals surface area contributed by atoms with Crippen LogP contribution in [0.2, 0.25) is 0 Å². The van der Waals surface area contributed by atoms with E-state index in [1.165, 1.54) is 0 Å². The summed E-state index contributed by atoms with van der Waals surface area (Å²) in [6.07, 6.45) is 0.542. The minimum atomic E-state index is -0.681. The third-order valence-corrected chi connectivity index (χ3v) is 3.46. The number of hydrogen-bond acceptors (Lipinski definition) is 4. The van der Waals surface area contributed by atoms with E-state index in [2.05, 4.69) is 15.9 Å². The minimum absolute atomic E-state index is 0.0483. The molecule has 2 atom stereocenters. The summed E-state index contributed by atoms with van der Waals surface area (Å²) in [5.74, 6) is 0.588. The molecule has 0 aliphatic carbocycles. The molecule has 0 bridgehead atoms. The molecule has 0 aliphatic heterocycles. The first-order valence-electron chi connectivity index (χ1n) is 7.05. The zero-order valence-electron chi connectivity index (χ0n) is 12.7. The molecule has 1 aromatic rings. The maximum Gasteiger partial charge on any atom is 0.258 e. The van der Waals surface area contributed by atoms with Crippen molar-refractivity contribution in [1.82, 2.24) is 0 Å². The summed E-state index contributed by atoms with van der Waals surface area (Å²) in [6.45, 7) is 6.17. The van der Waals surface area contributed by atoms with Gasteiger partial charge in [-0.15, -0.1) is 0 Å². The van der Waals surface area contributed by atoms with Crippen molar-refractivity contribution in [1.29, 1.82) is 0 Å². The Morgan fingerprint density at radius 3 is 2.52 bits per heavy atom. The monoisotopic (exact) mass is 358 g/mol. The van der Waals surface area contributed by atoms with Gasteiger partial charge in [-0.3, -0.25) is 4.79 Å². The fourth-order valence-corrected chi connectivity index (χ4v) is 2.56. The lowest BCUT2D eigenvalue weighted by molar-refractivity contribution is -0.124. The molecule has 1 amide bonds. The van der Waals surface area contributed by atoms with Gasteiger partial charge < -0.3 is 20.9 Å². The number of rotatable bonds is 8. The van der Waals surface area contributed by atoms with E-state index in [9.17, 15) is 4.79 Å². The number of nitrogens with two attached hydrogens (primary N) is 2. The van der Waals surface area contributed by atoms with Crippen LogP contribution in [0.5, 0.6) is 11.5 Å². The third-order valence-electron chi connectivity index (χ3n) is 2.88. The molecular weight excluding hydrogens is 336 g/mol. The summed E-state index contributed by atoms with van der Waals surface area (Å²) in [7, 11) is 0. The molecule has 4 N–H and O–H groups in total. The summed E-state index contributed by atoms with van der Waals surface area (Å²) in [5.41, 5.74) is 12.2. The number of amides is 1. The first kappa shape index (κ1) is 17.8. The third kappa shape index (κ3) is 5.21. The van der Waals surface area contributed by atoms with E-state index in [4.69, 9.17) is 20.9 Å². The van der Waals surface area contributed by atoms with Gasteiger partial charge in [0.15, 0.2) is 17.6 Å². The van der Waals surface area contributed by atoms with Gasteiger partial charge in [0.25, 0.3) is 5.91 Å². The van der Waals surface area contributed by atoms with Crippen LogP contribution < -0.4 is 20.9 Å². The Bertz CT molecular complexity index is 492. The second kappa shape index (κ2) is 8.24. The first-order valence-corrected chi connectivity index (χ1v) is 7.85. The number of carbonyl (C=O) groups excluding carboxylic acids is 1. The van der Waals surface area contributed by atoms with Crippen molar-refractivity contribution < 1.29 is 14.3 Å². The highest BCUT2D eigenvalue weighted by atomic mass is 79.9. The Balaban J connectivity index is 3.14. The molecule has 118 valence electrons. The molecule has 21 heavy (non-hydrogen) atoms. The van der Waals surface area contributed by atoms with Crippen LogP contribution in [0, 0.1) is 0 Å². The van der Waals surface area contributed by atoms with Gasteiger partial charge in [0.1, 0.15) is 0 Å². The number of benzene rings is 1. The lowest BCUT2D eigenvalue weighted by Crippen LogP contribution is -2.33. The van der Waals surface area contributed by atoms with Gasteiger partial charge in [0.2, 0.25) is 0 Å². The topological polar surface area (TPSA) is 87.6 Å². The normalized spacial score (nSPS) is 13.6. The van der Waals surface area contributed by atoms with Gasteiger partial charge in [0, 0.05) is 6.04 Å². The highest BCUT2D eigenvalue weighted by molar-refractivity contribution is 9.10. The van der Waals surface area contributed by atoms with Crippen molar-refractivity contribution >= 4 is 21.8 Å². The maximum absolute atomic E-state index is 11.4. The smallest absolute Gasteiger partial charge is 0.258 e. The van der Waals surface area contributed by atoms with Gasteiger partial charge >= 0.3 is 0 Å². The van der Waals surface area contributed by atoms with Crippen molar-refractivity contribution in [3.63, 3.8) is 0 Å². The van der Waals surface area contributed by atoms with Gasteiger partial charge in [0.05, 0.1) is 11.1 Å². The fraction of sp³-hybridized carbons (Fsp3) is 0.533. The van der Waals surface area contributed by atoms with E-state index in [1.54, 1.807) is 0 Å². The van der Waals surface area contributed by atoms with Gasteiger partial charge in [-0.1, -0.05) is 6.92 Å². The van der Waals surface area contributed by atoms with E-state index in [-0.39, 0.29) is 6.04 Å². The molecule has 0 fully saturated rings. The number of carbonyl (C=O) groups is 1.